The molecule has 6 heteroatoms. The van der Waals surface area contributed by atoms with Gasteiger partial charge in [-0.1, -0.05) is 19.1 Å². The van der Waals surface area contributed by atoms with Gasteiger partial charge >= 0.3 is 0 Å². The molecule has 0 spiro atoms. The van der Waals surface area contributed by atoms with Crippen LogP contribution in [0.1, 0.15) is 19.8 Å². The van der Waals surface area contributed by atoms with Crippen LogP contribution in [0.4, 0.5) is 5.69 Å². The molecule has 1 unspecified atom stereocenters. The standard InChI is InChI=1S/C14H20N2O3S/c1-2-16-20(17,18)14-9-4-3-8-13(14)15-11-12-7-5-6-10-19-12/h3-4,6,8-10,12,15-16H,2,5,7,11H2,1H3. The van der Waals surface area contributed by atoms with E-state index in [1.165, 1.54) is 0 Å². The molecule has 20 heavy (non-hydrogen) atoms. The van der Waals surface area contributed by atoms with Crippen molar-refractivity contribution >= 4 is 15.7 Å². The average Bonchev–Trinajstić information content (AvgIpc) is 2.46. The summed E-state index contributed by atoms with van der Waals surface area (Å²) in [6, 6.07) is 6.90. The summed E-state index contributed by atoms with van der Waals surface area (Å²) < 4.78 is 32.2. The van der Waals surface area contributed by atoms with Gasteiger partial charge in [-0.15, -0.1) is 0 Å². The van der Waals surface area contributed by atoms with Gasteiger partial charge in [-0.25, -0.2) is 13.1 Å². The zero-order valence-corrected chi connectivity index (χ0v) is 12.3. The number of nitrogens with one attached hydrogen (secondary N) is 2. The first-order valence-corrected chi connectivity index (χ1v) is 8.25. The molecule has 2 rings (SSSR count). The van der Waals surface area contributed by atoms with Crippen molar-refractivity contribution in [1.82, 2.24) is 4.72 Å². The van der Waals surface area contributed by atoms with Gasteiger partial charge in [0.1, 0.15) is 11.0 Å². The minimum absolute atomic E-state index is 0.0786. The van der Waals surface area contributed by atoms with E-state index in [1.807, 2.05) is 12.1 Å². The van der Waals surface area contributed by atoms with Crippen LogP contribution in [0, 0.1) is 0 Å². The summed E-state index contributed by atoms with van der Waals surface area (Å²) in [5.74, 6) is 0. The van der Waals surface area contributed by atoms with Crippen molar-refractivity contribution in [3.8, 4) is 0 Å². The van der Waals surface area contributed by atoms with Crippen LogP contribution in [-0.4, -0.2) is 27.6 Å². The molecule has 5 nitrogen and oxygen atoms in total. The minimum atomic E-state index is -3.46. The maximum Gasteiger partial charge on any atom is 0.242 e. The van der Waals surface area contributed by atoms with E-state index in [0.29, 0.717) is 18.8 Å². The molecule has 1 aromatic carbocycles. The second kappa shape index (κ2) is 6.76. The van der Waals surface area contributed by atoms with Crippen LogP contribution in [0.25, 0.3) is 0 Å². The highest BCUT2D eigenvalue weighted by molar-refractivity contribution is 7.89. The number of para-hydroxylation sites is 1. The Kier molecular flexibility index (Phi) is 5.03. The van der Waals surface area contributed by atoms with Gasteiger partial charge < -0.3 is 10.1 Å². The summed E-state index contributed by atoms with van der Waals surface area (Å²) in [5.41, 5.74) is 0.603. The van der Waals surface area contributed by atoms with Crippen LogP contribution in [0.15, 0.2) is 41.5 Å². The van der Waals surface area contributed by atoms with E-state index in [2.05, 4.69) is 10.0 Å². The Labute approximate surface area is 120 Å². The second-order valence-corrected chi connectivity index (χ2v) is 6.32. The van der Waals surface area contributed by atoms with Crippen molar-refractivity contribution in [1.29, 1.82) is 0 Å². The Morgan fingerprint density at radius 2 is 2.15 bits per heavy atom. The van der Waals surface area contributed by atoms with Crippen LogP contribution in [0.3, 0.4) is 0 Å². The third-order valence-electron chi connectivity index (χ3n) is 3.05. The molecular weight excluding hydrogens is 276 g/mol. The van der Waals surface area contributed by atoms with Gasteiger partial charge in [0.15, 0.2) is 0 Å². The lowest BCUT2D eigenvalue weighted by molar-refractivity contribution is 0.135. The molecule has 1 aliphatic heterocycles. The van der Waals surface area contributed by atoms with Gasteiger partial charge in [0.2, 0.25) is 10.0 Å². The van der Waals surface area contributed by atoms with Crippen LogP contribution >= 0.6 is 0 Å². The predicted octanol–water partition coefficient (Wildman–Crippen LogP) is 2.09. The molecule has 110 valence electrons. The highest BCUT2D eigenvalue weighted by Crippen LogP contribution is 2.21. The van der Waals surface area contributed by atoms with Crippen LogP contribution in [-0.2, 0) is 14.8 Å². The summed E-state index contributed by atoms with van der Waals surface area (Å²) in [6.07, 6.45) is 5.70. The third kappa shape index (κ3) is 3.74. The Hall–Kier alpha value is -1.53. The van der Waals surface area contributed by atoms with E-state index >= 15 is 0 Å². The molecule has 0 radical (unpaired) electrons. The third-order valence-corrected chi connectivity index (χ3v) is 4.66. The molecule has 1 atom stereocenters. The van der Waals surface area contributed by atoms with Gasteiger partial charge in [0.25, 0.3) is 0 Å². The van der Waals surface area contributed by atoms with Gasteiger partial charge in [-0.3, -0.25) is 0 Å². The van der Waals surface area contributed by atoms with Gasteiger partial charge in [-0.05, 0) is 31.1 Å². The lowest BCUT2D eigenvalue weighted by Gasteiger charge is -2.21. The van der Waals surface area contributed by atoms with Crippen molar-refractivity contribution < 1.29 is 13.2 Å². The van der Waals surface area contributed by atoms with E-state index < -0.39 is 10.0 Å². The highest BCUT2D eigenvalue weighted by Gasteiger charge is 2.18. The number of ether oxygens (including phenoxy) is 1. The normalized spacial score (nSPS) is 18.6. The zero-order valence-electron chi connectivity index (χ0n) is 11.5. The fraction of sp³-hybridized carbons (Fsp3) is 0.429. The maximum atomic E-state index is 12.1. The van der Waals surface area contributed by atoms with Crippen LogP contribution in [0.5, 0.6) is 0 Å². The van der Waals surface area contributed by atoms with E-state index in [4.69, 9.17) is 4.74 Å². The molecular formula is C14H20N2O3S. The minimum Gasteiger partial charge on any atom is -0.497 e. The Morgan fingerprint density at radius 1 is 1.35 bits per heavy atom. The molecule has 1 heterocycles. The summed E-state index contributed by atoms with van der Waals surface area (Å²) in [7, 11) is -3.46. The quantitative estimate of drug-likeness (QED) is 0.843. The lowest BCUT2D eigenvalue weighted by atomic mass is 10.1. The van der Waals surface area contributed by atoms with Crippen molar-refractivity contribution in [2.45, 2.75) is 30.8 Å². The average molecular weight is 296 g/mol. The molecule has 1 aliphatic rings. The molecule has 0 saturated carbocycles. The summed E-state index contributed by atoms with van der Waals surface area (Å²) in [4.78, 5) is 0.271. The molecule has 1 aromatic rings. The number of rotatable bonds is 6. The molecule has 0 bridgehead atoms. The molecule has 0 fully saturated rings. The fourth-order valence-electron chi connectivity index (χ4n) is 2.07. The van der Waals surface area contributed by atoms with E-state index in [1.54, 1.807) is 31.4 Å². The summed E-state index contributed by atoms with van der Waals surface area (Å²) in [5, 5.41) is 3.17. The highest BCUT2D eigenvalue weighted by atomic mass is 32.2. The Morgan fingerprint density at radius 3 is 2.85 bits per heavy atom. The predicted molar refractivity (Wildman–Crippen MR) is 79.0 cm³/mol. The van der Waals surface area contributed by atoms with Crippen molar-refractivity contribution in [3.05, 3.63) is 36.6 Å². The largest absolute Gasteiger partial charge is 0.497 e. The van der Waals surface area contributed by atoms with Crippen LogP contribution in [0.2, 0.25) is 0 Å². The summed E-state index contributed by atoms with van der Waals surface area (Å²) in [6.45, 7) is 2.71. The Balaban J connectivity index is 2.10. The zero-order chi connectivity index (χ0) is 14.4. The van der Waals surface area contributed by atoms with E-state index in [0.717, 1.165) is 12.8 Å². The van der Waals surface area contributed by atoms with Crippen molar-refractivity contribution in [2.24, 2.45) is 0 Å². The molecule has 2 N–H and O–H groups in total. The molecule has 0 saturated heterocycles. The number of hydrogen-bond donors (Lipinski definition) is 2. The van der Waals surface area contributed by atoms with Crippen molar-refractivity contribution in [2.75, 3.05) is 18.4 Å². The number of benzene rings is 1. The van der Waals surface area contributed by atoms with E-state index in [9.17, 15) is 8.42 Å². The smallest absolute Gasteiger partial charge is 0.242 e. The van der Waals surface area contributed by atoms with Crippen molar-refractivity contribution in [3.63, 3.8) is 0 Å². The number of allylic oxidation sites excluding steroid dienone is 1. The Bertz CT molecular complexity index is 570. The molecule has 0 aliphatic carbocycles. The lowest BCUT2D eigenvalue weighted by Crippen LogP contribution is -2.26. The number of sulfonamides is 1. The first-order chi connectivity index (χ1) is 9.63. The van der Waals surface area contributed by atoms with Gasteiger partial charge in [0.05, 0.1) is 18.5 Å². The number of hydrogen-bond acceptors (Lipinski definition) is 4. The monoisotopic (exact) mass is 296 g/mol. The van der Waals surface area contributed by atoms with Gasteiger partial charge in [-0.2, -0.15) is 0 Å². The fourth-order valence-corrected chi connectivity index (χ4v) is 3.30. The molecule has 0 aromatic heterocycles. The first-order valence-electron chi connectivity index (χ1n) is 6.76. The topological polar surface area (TPSA) is 67.4 Å². The summed E-state index contributed by atoms with van der Waals surface area (Å²) >= 11 is 0. The van der Waals surface area contributed by atoms with Crippen LogP contribution < -0.4 is 10.0 Å². The first kappa shape index (κ1) is 14.9. The maximum absolute atomic E-state index is 12.1. The molecule has 0 amide bonds. The number of anilines is 1. The SMILES string of the molecule is CCNS(=O)(=O)c1ccccc1NCC1CCC=CO1. The van der Waals surface area contributed by atoms with E-state index in [-0.39, 0.29) is 11.0 Å². The van der Waals surface area contributed by atoms with Gasteiger partial charge in [0, 0.05) is 6.54 Å². The second-order valence-electron chi connectivity index (χ2n) is 4.59.